The summed E-state index contributed by atoms with van der Waals surface area (Å²) in [5.41, 5.74) is 1.05. The van der Waals surface area contributed by atoms with Gasteiger partial charge in [0.2, 0.25) is 0 Å². The fourth-order valence-corrected chi connectivity index (χ4v) is 1.31. The van der Waals surface area contributed by atoms with Crippen LogP contribution in [0.1, 0.15) is 12.5 Å². The van der Waals surface area contributed by atoms with Gasteiger partial charge in [0.05, 0.1) is 19.8 Å². The SMILES string of the molecule is CCOC(=O)C(Cl)COCc1ccccc1. The van der Waals surface area contributed by atoms with Gasteiger partial charge in [-0.3, -0.25) is 4.79 Å². The number of hydrogen-bond acceptors (Lipinski definition) is 3. The Hall–Kier alpha value is -1.06. The minimum absolute atomic E-state index is 0.162. The quantitative estimate of drug-likeness (QED) is 0.568. The topological polar surface area (TPSA) is 35.5 Å². The first kappa shape index (κ1) is 13.0. The smallest absolute Gasteiger partial charge is 0.326 e. The second-order valence-electron chi connectivity index (χ2n) is 3.22. The molecule has 0 aliphatic rings. The number of benzene rings is 1. The molecule has 0 amide bonds. The van der Waals surface area contributed by atoms with Crippen molar-refractivity contribution in [3.63, 3.8) is 0 Å². The van der Waals surface area contributed by atoms with Gasteiger partial charge in [0.15, 0.2) is 5.38 Å². The van der Waals surface area contributed by atoms with Crippen LogP contribution in [-0.4, -0.2) is 24.6 Å². The molecule has 3 nitrogen and oxygen atoms in total. The molecule has 88 valence electrons. The first-order valence-corrected chi connectivity index (χ1v) is 5.60. The third-order valence-corrected chi connectivity index (χ3v) is 2.22. The molecule has 0 saturated carbocycles. The lowest BCUT2D eigenvalue weighted by molar-refractivity contribution is -0.143. The molecular weight excluding hydrogens is 228 g/mol. The van der Waals surface area contributed by atoms with Crippen molar-refractivity contribution in [3.05, 3.63) is 35.9 Å². The predicted molar refractivity (Wildman–Crippen MR) is 62.4 cm³/mol. The predicted octanol–water partition coefficient (Wildman–Crippen LogP) is 2.37. The molecular formula is C12H15ClO3. The molecule has 0 N–H and O–H groups in total. The molecule has 0 saturated heterocycles. The number of esters is 1. The van der Waals surface area contributed by atoms with Gasteiger partial charge in [-0.15, -0.1) is 11.6 Å². The standard InChI is InChI=1S/C12H15ClO3/c1-2-16-12(14)11(13)9-15-8-10-6-4-3-5-7-10/h3-7,11H,2,8-9H2,1H3. The Morgan fingerprint density at radius 2 is 2.06 bits per heavy atom. The second-order valence-corrected chi connectivity index (χ2v) is 3.75. The maximum Gasteiger partial charge on any atom is 0.326 e. The second kappa shape index (κ2) is 7.25. The molecule has 16 heavy (non-hydrogen) atoms. The van der Waals surface area contributed by atoms with Crippen LogP contribution in [0, 0.1) is 0 Å². The highest BCUT2D eigenvalue weighted by molar-refractivity contribution is 6.30. The van der Waals surface area contributed by atoms with Crippen molar-refractivity contribution in [2.75, 3.05) is 13.2 Å². The van der Waals surface area contributed by atoms with Gasteiger partial charge in [-0.2, -0.15) is 0 Å². The van der Waals surface area contributed by atoms with E-state index in [-0.39, 0.29) is 6.61 Å². The van der Waals surface area contributed by atoms with Crippen LogP contribution in [0.4, 0.5) is 0 Å². The lowest BCUT2D eigenvalue weighted by Gasteiger charge is -2.09. The number of halogens is 1. The van der Waals surface area contributed by atoms with E-state index in [2.05, 4.69) is 0 Å². The summed E-state index contributed by atoms with van der Waals surface area (Å²) in [6, 6.07) is 9.71. The third-order valence-electron chi connectivity index (χ3n) is 1.92. The highest BCUT2D eigenvalue weighted by Crippen LogP contribution is 2.04. The van der Waals surface area contributed by atoms with Gasteiger partial charge in [0.25, 0.3) is 0 Å². The van der Waals surface area contributed by atoms with Gasteiger partial charge in [-0.25, -0.2) is 0 Å². The van der Waals surface area contributed by atoms with E-state index >= 15 is 0 Å². The summed E-state index contributed by atoms with van der Waals surface area (Å²) in [4.78, 5) is 11.2. The van der Waals surface area contributed by atoms with E-state index in [4.69, 9.17) is 21.1 Å². The first-order chi connectivity index (χ1) is 7.74. The molecule has 1 aromatic carbocycles. The van der Waals surface area contributed by atoms with Gasteiger partial charge in [-0.1, -0.05) is 30.3 Å². The summed E-state index contributed by atoms with van der Waals surface area (Å²) < 4.78 is 10.1. The fraction of sp³-hybridized carbons (Fsp3) is 0.417. The molecule has 0 fully saturated rings. The molecule has 0 aliphatic carbocycles. The van der Waals surface area contributed by atoms with Crippen LogP contribution in [0.25, 0.3) is 0 Å². The van der Waals surface area contributed by atoms with Gasteiger partial charge in [0, 0.05) is 0 Å². The van der Waals surface area contributed by atoms with Crippen LogP contribution in [0.2, 0.25) is 0 Å². The van der Waals surface area contributed by atoms with Gasteiger partial charge in [0.1, 0.15) is 0 Å². The summed E-state index contributed by atoms with van der Waals surface area (Å²) in [5, 5.41) is -0.733. The highest BCUT2D eigenvalue weighted by Gasteiger charge is 2.16. The zero-order valence-corrected chi connectivity index (χ0v) is 9.94. The number of alkyl halides is 1. The molecule has 1 unspecified atom stereocenters. The largest absolute Gasteiger partial charge is 0.465 e. The molecule has 0 bridgehead atoms. The van der Waals surface area contributed by atoms with E-state index in [1.807, 2.05) is 30.3 Å². The summed E-state index contributed by atoms with van der Waals surface area (Å²) in [5.74, 6) is -0.433. The number of hydrogen-bond donors (Lipinski definition) is 0. The Morgan fingerprint density at radius 3 is 2.69 bits per heavy atom. The Balaban J connectivity index is 2.23. The normalized spacial score (nSPS) is 12.1. The van der Waals surface area contributed by atoms with Gasteiger partial charge >= 0.3 is 5.97 Å². The minimum Gasteiger partial charge on any atom is -0.465 e. The molecule has 0 aliphatic heterocycles. The molecule has 4 heteroatoms. The number of ether oxygens (including phenoxy) is 2. The lowest BCUT2D eigenvalue weighted by atomic mass is 10.2. The summed E-state index contributed by atoms with van der Waals surface area (Å²) in [6.45, 7) is 2.69. The Bertz CT molecular complexity index is 313. The van der Waals surface area contributed by atoms with Crippen LogP contribution in [0.15, 0.2) is 30.3 Å². The molecule has 0 aromatic heterocycles. The van der Waals surface area contributed by atoms with Crippen LogP contribution in [-0.2, 0) is 20.9 Å². The highest BCUT2D eigenvalue weighted by atomic mass is 35.5. The minimum atomic E-state index is -0.733. The van der Waals surface area contributed by atoms with E-state index in [0.717, 1.165) is 5.56 Å². The maximum absolute atomic E-state index is 11.2. The van der Waals surface area contributed by atoms with E-state index in [1.54, 1.807) is 6.92 Å². The van der Waals surface area contributed by atoms with Crippen molar-refractivity contribution in [1.29, 1.82) is 0 Å². The van der Waals surface area contributed by atoms with E-state index in [9.17, 15) is 4.79 Å². The van der Waals surface area contributed by atoms with Crippen LogP contribution in [0.3, 0.4) is 0 Å². The van der Waals surface area contributed by atoms with Crippen molar-refractivity contribution in [2.45, 2.75) is 18.9 Å². The summed E-state index contributed by atoms with van der Waals surface area (Å²) in [6.07, 6.45) is 0. The third kappa shape index (κ3) is 4.64. The van der Waals surface area contributed by atoms with E-state index < -0.39 is 11.3 Å². The molecule has 0 radical (unpaired) electrons. The molecule has 0 heterocycles. The molecule has 0 spiro atoms. The van der Waals surface area contributed by atoms with E-state index in [1.165, 1.54) is 0 Å². The van der Waals surface area contributed by atoms with Crippen LogP contribution >= 0.6 is 11.6 Å². The molecule has 1 aromatic rings. The zero-order chi connectivity index (χ0) is 11.8. The van der Waals surface area contributed by atoms with Gasteiger partial charge in [-0.05, 0) is 12.5 Å². The Labute approximate surface area is 100 Å². The maximum atomic E-state index is 11.2. The van der Waals surface area contributed by atoms with E-state index in [0.29, 0.717) is 13.2 Å². The average molecular weight is 243 g/mol. The van der Waals surface area contributed by atoms with Crippen molar-refractivity contribution in [1.82, 2.24) is 0 Å². The van der Waals surface area contributed by atoms with Crippen LogP contribution in [0.5, 0.6) is 0 Å². The molecule has 1 atom stereocenters. The Kier molecular flexibility index (Phi) is 5.90. The molecule has 1 rings (SSSR count). The number of carbonyl (C=O) groups excluding carboxylic acids is 1. The Morgan fingerprint density at radius 1 is 1.38 bits per heavy atom. The number of rotatable bonds is 6. The first-order valence-electron chi connectivity index (χ1n) is 5.16. The summed E-state index contributed by atoms with van der Waals surface area (Å²) >= 11 is 5.78. The number of carbonyl (C=O) groups is 1. The van der Waals surface area contributed by atoms with Crippen LogP contribution < -0.4 is 0 Å². The van der Waals surface area contributed by atoms with Crippen molar-refractivity contribution in [3.8, 4) is 0 Å². The van der Waals surface area contributed by atoms with Gasteiger partial charge < -0.3 is 9.47 Å². The van der Waals surface area contributed by atoms with Crippen molar-refractivity contribution >= 4 is 17.6 Å². The average Bonchev–Trinajstić information content (AvgIpc) is 2.30. The summed E-state index contributed by atoms with van der Waals surface area (Å²) in [7, 11) is 0. The zero-order valence-electron chi connectivity index (χ0n) is 9.19. The lowest BCUT2D eigenvalue weighted by Crippen LogP contribution is -2.23. The van der Waals surface area contributed by atoms with Crippen molar-refractivity contribution in [2.24, 2.45) is 0 Å². The van der Waals surface area contributed by atoms with Crippen molar-refractivity contribution < 1.29 is 14.3 Å². The fourth-order valence-electron chi connectivity index (χ4n) is 1.16. The monoisotopic (exact) mass is 242 g/mol.